The summed E-state index contributed by atoms with van der Waals surface area (Å²) in [6.07, 6.45) is 1.82. The summed E-state index contributed by atoms with van der Waals surface area (Å²) < 4.78 is 13.0. The quantitative estimate of drug-likeness (QED) is 0.560. The molecule has 0 aliphatic carbocycles. The first kappa shape index (κ1) is 24.5. The van der Waals surface area contributed by atoms with Gasteiger partial charge in [0, 0.05) is 31.4 Å². The van der Waals surface area contributed by atoms with Crippen LogP contribution in [0.15, 0.2) is 48.5 Å². The highest BCUT2D eigenvalue weighted by molar-refractivity contribution is 7.59. The third-order valence-corrected chi connectivity index (χ3v) is 6.28. The molecule has 0 radical (unpaired) electrons. The van der Waals surface area contributed by atoms with Gasteiger partial charge in [0.2, 0.25) is 11.9 Å². The fourth-order valence-corrected chi connectivity index (χ4v) is 4.53. The van der Waals surface area contributed by atoms with Gasteiger partial charge in [0.05, 0.1) is 5.69 Å². The minimum absolute atomic E-state index is 0. The van der Waals surface area contributed by atoms with Crippen molar-refractivity contribution in [3.8, 4) is 0 Å². The summed E-state index contributed by atoms with van der Waals surface area (Å²) in [6.45, 7) is 3.21. The normalized spacial score (nSPS) is 16.3. The van der Waals surface area contributed by atoms with Crippen molar-refractivity contribution in [1.29, 1.82) is 0 Å². The Morgan fingerprint density at radius 2 is 1.83 bits per heavy atom. The fraction of sp³-hybridized carbons (Fsp3) is 0.280. The lowest BCUT2D eigenvalue weighted by atomic mass is 10.1. The number of nitrogens with one attached hydrogen (secondary N) is 2. The Labute approximate surface area is 210 Å². The van der Waals surface area contributed by atoms with Gasteiger partial charge in [-0.25, -0.2) is 9.37 Å². The molecular weight excluding hydrogens is 467 g/mol. The van der Waals surface area contributed by atoms with Crippen LogP contribution in [-0.4, -0.2) is 41.4 Å². The predicted octanol–water partition coefficient (Wildman–Crippen LogP) is 3.85. The van der Waals surface area contributed by atoms with Gasteiger partial charge in [-0.3, -0.25) is 9.59 Å². The van der Waals surface area contributed by atoms with Crippen molar-refractivity contribution in [3.05, 3.63) is 71.2 Å². The van der Waals surface area contributed by atoms with E-state index in [0.29, 0.717) is 23.7 Å². The van der Waals surface area contributed by atoms with Crippen molar-refractivity contribution in [2.45, 2.75) is 32.4 Å². The van der Waals surface area contributed by atoms with E-state index in [2.05, 4.69) is 20.5 Å². The molecule has 0 saturated carbocycles. The molecule has 5 rings (SSSR count). The smallest absolute Gasteiger partial charge is 0.255 e. The number of hydrogen-bond donors (Lipinski definition) is 2. The second-order valence-electron chi connectivity index (χ2n) is 8.57. The molecule has 2 N–H and O–H groups in total. The number of aromatic nitrogens is 2. The van der Waals surface area contributed by atoms with Gasteiger partial charge < -0.3 is 20.4 Å². The minimum Gasteiger partial charge on any atom is -0.350 e. The second kappa shape index (κ2) is 9.91. The summed E-state index contributed by atoms with van der Waals surface area (Å²) in [6, 6.07) is 12.7. The van der Waals surface area contributed by atoms with E-state index >= 15 is 0 Å². The zero-order valence-electron chi connectivity index (χ0n) is 19.5. The summed E-state index contributed by atoms with van der Waals surface area (Å²) >= 11 is 0. The lowest BCUT2D eigenvalue weighted by Gasteiger charge is -2.37. The summed E-state index contributed by atoms with van der Waals surface area (Å²) in [5.74, 6) is 0.737. The average molecular weight is 495 g/mol. The van der Waals surface area contributed by atoms with Crippen LogP contribution in [0.3, 0.4) is 0 Å². The van der Waals surface area contributed by atoms with Crippen LogP contribution < -0.4 is 20.4 Å². The standard InChI is InChI=1S/C25H25FN6O2.H2S/c1-15-21-22(32-13-3-4-20(32)24(34)31(21)2)30-25(28-15)27-14-16-5-11-19(12-6-16)29-23(33)17-7-9-18(26)10-8-17;/h5-12,20H,3-4,13-14H2,1-2H3,(H,29,33)(H,27,28,30);1H2/t20-;/m0./s1. The van der Waals surface area contributed by atoms with E-state index in [9.17, 15) is 14.0 Å². The van der Waals surface area contributed by atoms with Crippen LogP contribution in [0.4, 0.5) is 27.5 Å². The summed E-state index contributed by atoms with van der Waals surface area (Å²) in [4.78, 5) is 38.1. The molecule has 2 amide bonds. The molecule has 0 spiro atoms. The topological polar surface area (TPSA) is 90.5 Å². The molecule has 35 heavy (non-hydrogen) atoms. The Balaban J connectivity index is 0.00000289. The number of fused-ring (bicyclic) bond motifs is 3. The fourth-order valence-electron chi connectivity index (χ4n) is 4.53. The summed E-state index contributed by atoms with van der Waals surface area (Å²) in [5.41, 5.74) is 3.55. The molecule has 1 saturated heterocycles. The molecule has 3 heterocycles. The largest absolute Gasteiger partial charge is 0.350 e. The van der Waals surface area contributed by atoms with Crippen LogP contribution in [0.1, 0.15) is 34.5 Å². The molecule has 10 heteroatoms. The van der Waals surface area contributed by atoms with Crippen molar-refractivity contribution in [2.75, 3.05) is 34.0 Å². The van der Waals surface area contributed by atoms with E-state index < -0.39 is 0 Å². The van der Waals surface area contributed by atoms with Gasteiger partial charge in [-0.2, -0.15) is 18.5 Å². The van der Waals surface area contributed by atoms with Gasteiger partial charge in [-0.1, -0.05) is 12.1 Å². The number of aryl methyl sites for hydroxylation is 1. The molecule has 1 aromatic heterocycles. The van der Waals surface area contributed by atoms with Crippen molar-refractivity contribution >= 4 is 48.5 Å². The Bertz CT molecular complexity index is 1250. The number of nitrogens with zero attached hydrogens (tertiary/aromatic N) is 4. The third-order valence-electron chi connectivity index (χ3n) is 6.28. The van der Waals surface area contributed by atoms with Crippen LogP contribution in [0.2, 0.25) is 0 Å². The molecular formula is C25H27FN6O2S. The van der Waals surface area contributed by atoms with Crippen LogP contribution in [0, 0.1) is 12.7 Å². The molecule has 3 aromatic rings. The molecule has 1 atom stereocenters. The maximum Gasteiger partial charge on any atom is 0.255 e. The van der Waals surface area contributed by atoms with Crippen molar-refractivity contribution in [3.63, 3.8) is 0 Å². The van der Waals surface area contributed by atoms with Gasteiger partial charge in [-0.05, 0) is 61.7 Å². The number of hydrogen-bond acceptors (Lipinski definition) is 6. The van der Waals surface area contributed by atoms with Gasteiger partial charge >= 0.3 is 0 Å². The minimum atomic E-state index is -0.382. The van der Waals surface area contributed by atoms with Crippen molar-refractivity contribution < 1.29 is 14.0 Å². The van der Waals surface area contributed by atoms with E-state index in [1.165, 1.54) is 24.3 Å². The van der Waals surface area contributed by atoms with Crippen LogP contribution in [0.5, 0.6) is 0 Å². The van der Waals surface area contributed by atoms with E-state index in [-0.39, 0.29) is 37.2 Å². The molecule has 2 aliphatic rings. The maximum atomic E-state index is 13.0. The van der Waals surface area contributed by atoms with Crippen LogP contribution in [0.25, 0.3) is 0 Å². The van der Waals surface area contributed by atoms with E-state index in [0.717, 1.165) is 42.1 Å². The molecule has 2 aliphatic heterocycles. The number of carbonyl (C=O) groups excluding carboxylic acids is 2. The second-order valence-corrected chi connectivity index (χ2v) is 8.57. The Kier molecular flexibility index (Phi) is 6.93. The number of anilines is 4. The lowest BCUT2D eigenvalue weighted by molar-refractivity contribution is -0.119. The SMILES string of the molecule is Cc1nc(NCc2ccc(NC(=O)c3ccc(F)cc3)cc2)nc2c1N(C)C(=O)[C@@H]1CCCN21.S. The Morgan fingerprint density at radius 1 is 1.11 bits per heavy atom. The first-order valence-electron chi connectivity index (χ1n) is 11.2. The van der Waals surface area contributed by atoms with Crippen molar-refractivity contribution in [1.82, 2.24) is 9.97 Å². The first-order chi connectivity index (χ1) is 16.4. The summed E-state index contributed by atoms with van der Waals surface area (Å²) in [7, 11) is 1.79. The maximum absolute atomic E-state index is 13.0. The number of likely N-dealkylation sites (N-methyl/N-ethyl adjacent to an activating group) is 1. The molecule has 2 aromatic carbocycles. The lowest BCUT2D eigenvalue weighted by Crippen LogP contribution is -2.49. The van der Waals surface area contributed by atoms with Gasteiger partial charge in [-0.15, -0.1) is 0 Å². The molecule has 0 unspecified atom stereocenters. The third kappa shape index (κ3) is 4.79. The number of halogens is 1. The van der Waals surface area contributed by atoms with Gasteiger partial charge in [0.25, 0.3) is 5.91 Å². The number of amides is 2. The highest BCUT2D eigenvalue weighted by Crippen LogP contribution is 2.40. The monoisotopic (exact) mass is 494 g/mol. The zero-order chi connectivity index (χ0) is 23.8. The van der Waals surface area contributed by atoms with Crippen LogP contribution >= 0.6 is 13.5 Å². The van der Waals surface area contributed by atoms with Gasteiger partial charge in [0.1, 0.15) is 17.5 Å². The van der Waals surface area contributed by atoms with E-state index in [4.69, 9.17) is 4.98 Å². The number of carbonyl (C=O) groups is 2. The highest BCUT2D eigenvalue weighted by Gasteiger charge is 2.41. The summed E-state index contributed by atoms with van der Waals surface area (Å²) in [5, 5.41) is 6.08. The molecule has 1 fully saturated rings. The van der Waals surface area contributed by atoms with E-state index in [1.54, 1.807) is 11.9 Å². The van der Waals surface area contributed by atoms with E-state index in [1.807, 2.05) is 31.2 Å². The predicted molar refractivity (Wildman–Crippen MR) is 139 cm³/mol. The molecule has 8 nitrogen and oxygen atoms in total. The van der Waals surface area contributed by atoms with Crippen LogP contribution in [-0.2, 0) is 11.3 Å². The Morgan fingerprint density at radius 3 is 2.54 bits per heavy atom. The molecule has 182 valence electrons. The average Bonchev–Trinajstić information content (AvgIpc) is 3.33. The number of rotatable bonds is 5. The van der Waals surface area contributed by atoms with Crippen molar-refractivity contribution in [2.24, 2.45) is 0 Å². The zero-order valence-corrected chi connectivity index (χ0v) is 20.5. The Hall–Kier alpha value is -3.66. The number of benzene rings is 2. The van der Waals surface area contributed by atoms with Gasteiger partial charge in [0.15, 0.2) is 5.82 Å². The highest BCUT2D eigenvalue weighted by atomic mass is 32.1. The first-order valence-corrected chi connectivity index (χ1v) is 11.2. The molecule has 0 bridgehead atoms.